The topological polar surface area (TPSA) is 102 Å². The van der Waals surface area contributed by atoms with Gasteiger partial charge in [0.1, 0.15) is 6.61 Å². The van der Waals surface area contributed by atoms with E-state index in [4.69, 9.17) is 14.3 Å². The molecule has 1 atom stereocenters. The van der Waals surface area contributed by atoms with E-state index < -0.39 is 28.7 Å². The quantitative estimate of drug-likeness (QED) is 0.395. The lowest BCUT2D eigenvalue weighted by atomic mass is 9.72. The van der Waals surface area contributed by atoms with Gasteiger partial charge in [0.05, 0.1) is 24.2 Å². The molecule has 0 aliphatic carbocycles. The first kappa shape index (κ1) is 33.1. The lowest BCUT2D eigenvalue weighted by molar-refractivity contribution is -0.173. The van der Waals surface area contributed by atoms with Gasteiger partial charge in [-0.15, -0.1) is 12.4 Å². The van der Waals surface area contributed by atoms with Crippen molar-refractivity contribution in [3.05, 3.63) is 71.3 Å². The summed E-state index contributed by atoms with van der Waals surface area (Å²) in [6.07, 6.45) is 2.27. The predicted molar refractivity (Wildman–Crippen MR) is 149 cm³/mol. The molecule has 40 heavy (non-hydrogen) atoms. The van der Waals surface area contributed by atoms with E-state index in [0.717, 1.165) is 37.3 Å². The lowest BCUT2D eigenvalue weighted by Crippen LogP contribution is -2.54. The molecule has 0 spiro atoms. The Morgan fingerprint density at radius 2 is 1.73 bits per heavy atom. The van der Waals surface area contributed by atoms with Gasteiger partial charge >= 0.3 is 5.97 Å². The molecule has 2 aliphatic rings. The van der Waals surface area contributed by atoms with Crippen LogP contribution < -0.4 is 5.73 Å². The highest BCUT2D eigenvalue weighted by atomic mass is 35.5. The second-order valence-corrected chi connectivity index (χ2v) is 10.3. The second kappa shape index (κ2) is 14.5. The van der Waals surface area contributed by atoms with E-state index in [2.05, 4.69) is 10.6 Å². The Hall–Kier alpha value is -3.08. The van der Waals surface area contributed by atoms with Crippen LogP contribution in [0.3, 0.4) is 0 Å². The Kier molecular flexibility index (Phi) is 12.0. The Balaban J connectivity index is 0.00000134. The Morgan fingerprint density at radius 3 is 2.30 bits per heavy atom. The summed E-state index contributed by atoms with van der Waals surface area (Å²) in [5, 5.41) is 0. The number of carbonyl (C=O) groups is 3. The van der Waals surface area contributed by atoms with Crippen LogP contribution in [0.15, 0.2) is 48.5 Å². The fourth-order valence-electron chi connectivity index (χ4n) is 5.63. The van der Waals surface area contributed by atoms with E-state index in [-0.39, 0.29) is 37.3 Å². The van der Waals surface area contributed by atoms with Gasteiger partial charge in [-0.3, -0.25) is 14.4 Å². The minimum Gasteiger partial charge on any atom is -0.468 e. The second-order valence-electron chi connectivity index (χ2n) is 10.3. The molecule has 2 heterocycles. The smallest absolute Gasteiger partial charge is 0.316 e. The highest BCUT2D eigenvalue weighted by Gasteiger charge is 2.45. The third kappa shape index (κ3) is 7.35. The maximum Gasteiger partial charge on any atom is 0.316 e. The van der Waals surface area contributed by atoms with Crippen molar-refractivity contribution >= 4 is 30.7 Å². The van der Waals surface area contributed by atoms with Crippen LogP contribution in [0.4, 0.5) is 8.78 Å². The zero-order valence-electron chi connectivity index (χ0n) is 23.1. The predicted octanol–water partition coefficient (Wildman–Crippen LogP) is 3.76. The van der Waals surface area contributed by atoms with Gasteiger partial charge in [-0.25, -0.2) is 8.78 Å². The molecule has 4 rings (SSSR count). The monoisotopic (exact) mass is 581 g/mol. The number of carbonyl (C=O) groups excluding carboxylic acids is 3. The van der Waals surface area contributed by atoms with Crippen LogP contribution in [0.5, 0.6) is 0 Å². The van der Waals surface area contributed by atoms with Crippen molar-refractivity contribution < 1.29 is 32.6 Å². The number of primary amides is 1. The van der Waals surface area contributed by atoms with Gasteiger partial charge in [0.25, 0.3) is 0 Å². The van der Waals surface area contributed by atoms with E-state index in [9.17, 15) is 18.4 Å². The summed E-state index contributed by atoms with van der Waals surface area (Å²) in [6, 6.07) is 13.0. The fourth-order valence-corrected chi connectivity index (χ4v) is 5.63. The zero-order chi connectivity index (χ0) is 28.6. The molecule has 0 saturated carbocycles. The number of halogens is 3. The molecule has 220 valence electrons. The van der Waals surface area contributed by atoms with Crippen molar-refractivity contribution in [1.82, 2.24) is 9.80 Å². The Labute approximate surface area is 240 Å². The van der Waals surface area contributed by atoms with Crippen LogP contribution in [-0.2, 0) is 29.3 Å². The minimum absolute atomic E-state index is 0. The van der Waals surface area contributed by atoms with Crippen LogP contribution >= 0.6 is 12.4 Å². The van der Waals surface area contributed by atoms with Crippen molar-refractivity contribution in [3.8, 4) is 0 Å². The number of hydrogen-bond acceptors (Lipinski definition) is 6. The maximum atomic E-state index is 14.0. The molecular weight excluding hydrogens is 544 g/mol. The summed E-state index contributed by atoms with van der Waals surface area (Å²) in [7, 11) is 1.43. The molecular formula is C29H38ClF2N3O5. The number of benzene rings is 2. The van der Waals surface area contributed by atoms with Crippen molar-refractivity contribution in [2.45, 2.75) is 50.2 Å². The molecule has 2 aromatic carbocycles. The van der Waals surface area contributed by atoms with E-state index in [0.29, 0.717) is 31.4 Å². The number of morpholine rings is 1. The molecule has 2 amide bonds. The zero-order valence-corrected chi connectivity index (χ0v) is 23.9. The van der Waals surface area contributed by atoms with Crippen LogP contribution in [0, 0.1) is 11.6 Å². The largest absolute Gasteiger partial charge is 0.468 e. The van der Waals surface area contributed by atoms with Gasteiger partial charge in [-0.1, -0.05) is 36.4 Å². The van der Waals surface area contributed by atoms with E-state index >= 15 is 0 Å². The molecule has 1 unspecified atom stereocenters. The first-order valence-corrected chi connectivity index (χ1v) is 13.0. The number of methoxy groups -OCH3 is 1. The van der Waals surface area contributed by atoms with Gasteiger partial charge in [-0.2, -0.15) is 0 Å². The molecule has 2 aromatic rings. The highest BCUT2D eigenvalue weighted by Crippen LogP contribution is 2.39. The molecule has 2 aliphatic heterocycles. The molecule has 0 bridgehead atoms. The molecule has 2 N–H and O–H groups in total. The summed E-state index contributed by atoms with van der Waals surface area (Å²) in [6.45, 7) is 6.36. The number of hydrogen-bond donors (Lipinski definition) is 1. The van der Waals surface area contributed by atoms with E-state index in [1.165, 1.54) is 13.2 Å². The van der Waals surface area contributed by atoms with Gasteiger partial charge in [0, 0.05) is 6.54 Å². The molecule has 0 radical (unpaired) electrons. The average molecular weight is 582 g/mol. The van der Waals surface area contributed by atoms with Gasteiger partial charge in [-0.05, 0) is 76.0 Å². The summed E-state index contributed by atoms with van der Waals surface area (Å²) >= 11 is 0. The molecule has 2 fully saturated rings. The van der Waals surface area contributed by atoms with Crippen LogP contribution in [0.2, 0.25) is 0 Å². The SMILES string of the molecule is COC(=O)C1(c2ccccc2)CCN(CCCN2C(=O)COC(C)(C)C2c2ccc(F)c(F)c2)CC1.Cl.NC=O. The minimum atomic E-state index is -0.943. The molecule has 8 nitrogen and oxygen atoms in total. The number of nitrogens with two attached hydrogens (primary N) is 1. The van der Waals surface area contributed by atoms with Crippen molar-refractivity contribution in [3.63, 3.8) is 0 Å². The Bertz CT molecular complexity index is 1140. The molecule has 2 saturated heterocycles. The number of ether oxygens (including phenoxy) is 2. The fraction of sp³-hybridized carbons (Fsp3) is 0.483. The Morgan fingerprint density at radius 1 is 1.10 bits per heavy atom. The number of piperidine rings is 1. The standard InChI is InChI=1S/C28H34F2N2O4.CH3NO.ClH/c1-27(2)25(20-10-11-22(29)23(30)18-20)32(24(33)19-36-27)15-7-14-31-16-12-28(13-17-31,26(34)35-3)21-8-5-4-6-9-21;2-1-3;/h4-6,8-11,18,25H,7,12-17,19H2,1-3H3;1H,(H2,2,3);1H. The third-order valence-corrected chi connectivity index (χ3v) is 7.60. The number of likely N-dealkylation sites (tertiary alicyclic amines) is 1. The van der Waals surface area contributed by atoms with E-state index in [1.807, 2.05) is 44.2 Å². The van der Waals surface area contributed by atoms with Gasteiger partial charge < -0.3 is 25.0 Å². The number of nitrogens with zero attached hydrogens (tertiary/aromatic N) is 2. The molecule has 0 aromatic heterocycles. The summed E-state index contributed by atoms with van der Waals surface area (Å²) in [4.78, 5) is 38.2. The number of amides is 2. The lowest BCUT2D eigenvalue weighted by Gasteiger charge is -2.46. The summed E-state index contributed by atoms with van der Waals surface area (Å²) in [5.41, 5.74) is 4.26. The summed E-state index contributed by atoms with van der Waals surface area (Å²) < 4.78 is 38.5. The normalized spacial score (nSPS) is 20.0. The van der Waals surface area contributed by atoms with Gasteiger partial charge in [0.2, 0.25) is 12.3 Å². The highest BCUT2D eigenvalue weighted by molar-refractivity contribution is 5.85. The molecule has 11 heteroatoms. The van der Waals surface area contributed by atoms with Crippen LogP contribution in [0.25, 0.3) is 0 Å². The van der Waals surface area contributed by atoms with Crippen molar-refractivity contribution in [2.75, 3.05) is 39.9 Å². The van der Waals surface area contributed by atoms with Crippen LogP contribution in [-0.4, -0.2) is 73.6 Å². The van der Waals surface area contributed by atoms with Crippen molar-refractivity contribution in [2.24, 2.45) is 5.73 Å². The average Bonchev–Trinajstić information content (AvgIpc) is 2.93. The summed E-state index contributed by atoms with van der Waals surface area (Å²) in [5.74, 6) is -2.24. The number of rotatable bonds is 7. The first-order valence-electron chi connectivity index (χ1n) is 13.0. The third-order valence-electron chi connectivity index (χ3n) is 7.60. The van der Waals surface area contributed by atoms with Gasteiger partial charge in [0.15, 0.2) is 11.6 Å². The number of esters is 1. The van der Waals surface area contributed by atoms with E-state index in [1.54, 1.807) is 4.90 Å². The first-order chi connectivity index (χ1) is 18.6. The maximum absolute atomic E-state index is 14.0. The van der Waals surface area contributed by atoms with Crippen LogP contribution in [0.1, 0.15) is 50.3 Å². The van der Waals surface area contributed by atoms with Crippen molar-refractivity contribution in [1.29, 1.82) is 0 Å².